The third-order valence-corrected chi connectivity index (χ3v) is 3.85. The molecule has 1 aromatic carbocycles. The van der Waals surface area contributed by atoms with E-state index in [-0.39, 0.29) is 3.42 Å². The molecule has 0 aromatic heterocycles. The number of rotatable bonds is 4. The van der Waals surface area contributed by atoms with E-state index in [4.69, 9.17) is 0 Å². The molecular formula is C15H23I. The Morgan fingerprint density at radius 3 is 1.75 bits per heavy atom. The van der Waals surface area contributed by atoms with Crippen molar-refractivity contribution in [3.05, 3.63) is 35.4 Å². The molecule has 0 spiro atoms. The van der Waals surface area contributed by atoms with Gasteiger partial charge in [-0.3, -0.25) is 0 Å². The minimum Gasteiger partial charge on any atom is -0.0743 e. The van der Waals surface area contributed by atoms with Crippen LogP contribution in [0, 0.1) is 0 Å². The Morgan fingerprint density at radius 2 is 1.38 bits per heavy atom. The van der Waals surface area contributed by atoms with Gasteiger partial charge >= 0.3 is 0 Å². The summed E-state index contributed by atoms with van der Waals surface area (Å²) in [6.45, 7) is 11.4. The quantitative estimate of drug-likeness (QED) is 0.510. The number of hydrogen-bond donors (Lipinski definition) is 0. The number of halogens is 1. The van der Waals surface area contributed by atoms with Crippen molar-refractivity contribution < 1.29 is 0 Å². The smallest absolute Gasteiger partial charge is 0.0414 e. The van der Waals surface area contributed by atoms with Crippen LogP contribution in [0.4, 0.5) is 0 Å². The predicted octanol–water partition coefficient (Wildman–Crippen LogP) is 5.43. The fourth-order valence-electron chi connectivity index (χ4n) is 2.09. The van der Waals surface area contributed by atoms with Gasteiger partial charge in [0.2, 0.25) is 0 Å². The zero-order chi connectivity index (χ0) is 12.4. The maximum Gasteiger partial charge on any atom is 0.0414 e. The van der Waals surface area contributed by atoms with Crippen molar-refractivity contribution in [2.75, 3.05) is 0 Å². The molecule has 16 heavy (non-hydrogen) atoms. The van der Waals surface area contributed by atoms with Crippen molar-refractivity contribution in [3.8, 4) is 0 Å². The fourth-order valence-corrected chi connectivity index (χ4v) is 2.45. The van der Waals surface area contributed by atoms with E-state index in [1.807, 2.05) is 0 Å². The Morgan fingerprint density at radius 1 is 0.938 bits per heavy atom. The third-order valence-electron chi connectivity index (χ3n) is 3.23. The predicted molar refractivity (Wildman–Crippen MR) is 81.4 cm³/mol. The maximum atomic E-state index is 2.49. The lowest BCUT2D eigenvalue weighted by Gasteiger charge is -2.26. The molecule has 0 aliphatic carbocycles. The van der Waals surface area contributed by atoms with Crippen LogP contribution in [0.3, 0.4) is 0 Å². The number of alkyl halides is 1. The maximum absolute atomic E-state index is 2.49. The number of benzene rings is 1. The second-order valence-corrected chi connectivity index (χ2v) is 8.38. The summed E-state index contributed by atoms with van der Waals surface area (Å²) in [5.41, 5.74) is 3.17. The van der Waals surface area contributed by atoms with Gasteiger partial charge in [-0.25, -0.2) is 0 Å². The van der Waals surface area contributed by atoms with Crippen molar-refractivity contribution >= 4 is 22.6 Å². The second-order valence-electron chi connectivity index (χ2n) is 5.68. The van der Waals surface area contributed by atoms with Crippen molar-refractivity contribution in [2.45, 2.75) is 56.3 Å². The molecule has 0 heterocycles. The van der Waals surface area contributed by atoms with Gasteiger partial charge in [-0.15, -0.1) is 0 Å². The Hall–Kier alpha value is -0.0500. The highest BCUT2D eigenvalue weighted by Gasteiger charge is 2.21. The molecule has 0 N–H and O–H groups in total. The molecule has 0 nitrogen and oxygen atoms in total. The summed E-state index contributed by atoms with van der Waals surface area (Å²) in [4.78, 5) is 0. The second kappa shape index (κ2) is 5.07. The molecular weight excluding hydrogens is 307 g/mol. The molecule has 0 radical (unpaired) electrons. The minimum absolute atomic E-state index is 0.227. The van der Waals surface area contributed by atoms with Gasteiger partial charge in [-0.1, -0.05) is 74.0 Å². The summed E-state index contributed by atoms with van der Waals surface area (Å²) in [5.74, 6) is 0. The highest BCUT2D eigenvalue weighted by atomic mass is 127. The van der Waals surface area contributed by atoms with Gasteiger partial charge in [-0.2, -0.15) is 0 Å². The van der Waals surface area contributed by atoms with E-state index < -0.39 is 0 Å². The Labute approximate surface area is 114 Å². The summed E-state index contributed by atoms with van der Waals surface area (Å²) in [5, 5.41) is 0. The van der Waals surface area contributed by atoms with Crippen molar-refractivity contribution in [1.82, 2.24) is 0 Å². The molecule has 0 aliphatic rings. The van der Waals surface area contributed by atoms with E-state index in [1.165, 1.54) is 24.0 Å². The zero-order valence-electron chi connectivity index (χ0n) is 11.1. The summed E-state index contributed by atoms with van der Waals surface area (Å²) < 4.78 is 0.227. The molecule has 0 saturated carbocycles. The first-order valence-electron chi connectivity index (χ1n) is 6.07. The van der Waals surface area contributed by atoms with E-state index >= 15 is 0 Å². The van der Waals surface area contributed by atoms with Crippen LogP contribution in [-0.4, -0.2) is 0 Å². The first-order chi connectivity index (χ1) is 7.27. The van der Waals surface area contributed by atoms with Crippen LogP contribution >= 0.6 is 22.6 Å². The highest BCUT2D eigenvalue weighted by molar-refractivity contribution is 14.1. The lowest BCUT2D eigenvalue weighted by Crippen LogP contribution is -2.17. The van der Waals surface area contributed by atoms with Crippen LogP contribution in [0.1, 0.15) is 58.6 Å². The lowest BCUT2D eigenvalue weighted by molar-refractivity contribution is 0.473. The van der Waals surface area contributed by atoms with Crippen LogP contribution in [0.5, 0.6) is 0 Å². The molecule has 0 unspecified atom stereocenters. The molecule has 1 aromatic rings. The minimum atomic E-state index is 0.227. The fraction of sp³-hybridized carbons (Fsp3) is 0.600. The van der Waals surface area contributed by atoms with Crippen molar-refractivity contribution in [1.29, 1.82) is 0 Å². The first-order valence-corrected chi connectivity index (χ1v) is 7.15. The molecule has 0 fully saturated rings. The third kappa shape index (κ3) is 3.47. The first kappa shape index (κ1) is 14.0. The zero-order valence-corrected chi connectivity index (χ0v) is 13.3. The molecule has 1 heteroatoms. The van der Waals surface area contributed by atoms with Gasteiger partial charge in [-0.05, 0) is 36.8 Å². The van der Waals surface area contributed by atoms with E-state index in [1.54, 1.807) is 0 Å². The summed E-state index contributed by atoms with van der Waals surface area (Å²) in [6.07, 6.45) is 2.49. The van der Waals surface area contributed by atoms with Gasteiger partial charge in [0, 0.05) is 3.42 Å². The molecule has 0 saturated heterocycles. The number of hydrogen-bond acceptors (Lipinski definition) is 0. The van der Waals surface area contributed by atoms with Crippen LogP contribution in [-0.2, 0) is 8.84 Å². The van der Waals surface area contributed by atoms with Crippen LogP contribution in [0.25, 0.3) is 0 Å². The van der Waals surface area contributed by atoms with Crippen LogP contribution in [0.2, 0.25) is 0 Å². The molecule has 0 aliphatic heterocycles. The Bertz CT molecular complexity index is 327. The van der Waals surface area contributed by atoms with E-state index in [0.717, 1.165) is 0 Å². The van der Waals surface area contributed by atoms with E-state index in [2.05, 4.69) is 81.5 Å². The van der Waals surface area contributed by atoms with Gasteiger partial charge in [0.25, 0.3) is 0 Å². The molecule has 0 atom stereocenters. The molecule has 90 valence electrons. The average molecular weight is 330 g/mol. The molecule has 1 rings (SSSR count). The highest BCUT2D eigenvalue weighted by Crippen LogP contribution is 2.33. The lowest BCUT2D eigenvalue weighted by atomic mass is 9.80. The van der Waals surface area contributed by atoms with Crippen LogP contribution in [0.15, 0.2) is 24.3 Å². The monoisotopic (exact) mass is 330 g/mol. The van der Waals surface area contributed by atoms with Crippen molar-refractivity contribution in [2.24, 2.45) is 0 Å². The largest absolute Gasteiger partial charge is 0.0743 e. The van der Waals surface area contributed by atoms with Gasteiger partial charge in [0.15, 0.2) is 0 Å². The summed E-state index contributed by atoms with van der Waals surface area (Å²) in [6, 6.07) is 9.15. The van der Waals surface area contributed by atoms with Gasteiger partial charge in [0.1, 0.15) is 0 Å². The van der Waals surface area contributed by atoms with E-state index in [9.17, 15) is 0 Å². The van der Waals surface area contributed by atoms with Gasteiger partial charge in [0.05, 0.1) is 0 Å². The Balaban J connectivity index is 2.95. The van der Waals surface area contributed by atoms with Crippen LogP contribution < -0.4 is 0 Å². The Kier molecular flexibility index (Phi) is 4.44. The standard InChI is InChI=1S/C15H23I/c1-6-11-14(2,3)12-7-9-13(10-8-12)15(4,5)16/h7-10H,6,11H2,1-5H3. The summed E-state index contributed by atoms with van der Waals surface area (Å²) in [7, 11) is 0. The summed E-state index contributed by atoms with van der Waals surface area (Å²) >= 11 is 2.49. The van der Waals surface area contributed by atoms with Gasteiger partial charge < -0.3 is 0 Å². The van der Waals surface area contributed by atoms with E-state index in [0.29, 0.717) is 5.41 Å². The average Bonchev–Trinajstić information content (AvgIpc) is 2.16. The van der Waals surface area contributed by atoms with Crippen molar-refractivity contribution in [3.63, 3.8) is 0 Å². The molecule has 0 amide bonds. The topological polar surface area (TPSA) is 0 Å². The normalized spacial score (nSPS) is 12.9. The molecule has 0 bridgehead atoms. The SMILES string of the molecule is CCCC(C)(C)c1ccc(C(C)(C)I)cc1.